The smallest absolute Gasteiger partial charge is 0.341 e. The van der Waals surface area contributed by atoms with Crippen molar-refractivity contribution in [3.05, 3.63) is 35.3 Å². The number of pyridine rings is 1. The standard InChI is InChI=1S/C12H11N3O2S2/c1-17-11(16)8-5-7(9-3-2-4-19-9)6-14-10(8)15-12(13)18/h2-6H,1H3,(H3,13,14,15,18). The van der Waals surface area contributed by atoms with Crippen molar-refractivity contribution in [2.24, 2.45) is 5.73 Å². The van der Waals surface area contributed by atoms with Crippen molar-refractivity contribution in [2.45, 2.75) is 0 Å². The van der Waals surface area contributed by atoms with Crippen LogP contribution in [0.15, 0.2) is 29.8 Å². The van der Waals surface area contributed by atoms with E-state index in [4.69, 9.17) is 22.7 Å². The van der Waals surface area contributed by atoms with Crippen LogP contribution in [0.5, 0.6) is 0 Å². The number of anilines is 1. The van der Waals surface area contributed by atoms with Gasteiger partial charge in [-0.25, -0.2) is 9.78 Å². The molecule has 0 atom stereocenters. The van der Waals surface area contributed by atoms with E-state index in [1.165, 1.54) is 7.11 Å². The molecule has 0 saturated carbocycles. The zero-order valence-electron chi connectivity index (χ0n) is 10.0. The summed E-state index contributed by atoms with van der Waals surface area (Å²) in [4.78, 5) is 16.9. The molecule has 19 heavy (non-hydrogen) atoms. The molecule has 2 heterocycles. The van der Waals surface area contributed by atoms with E-state index in [0.29, 0.717) is 11.4 Å². The van der Waals surface area contributed by atoms with Crippen molar-refractivity contribution in [1.29, 1.82) is 0 Å². The van der Waals surface area contributed by atoms with Crippen LogP contribution < -0.4 is 11.1 Å². The van der Waals surface area contributed by atoms with Crippen LogP contribution in [0.1, 0.15) is 10.4 Å². The lowest BCUT2D eigenvalue weighted by atomic mass is 10.1. The molecule has 0 aromatic carbocycles. The molecule has 0 aliphatic heterocycles. The number of esters is 1. The summed E-state index contributed by atoms with van der Waals surface area (Å²) in [6.07, 6.45) is 1.65. The maximum absolute atomic E-state index is 11.8. The van der Waals surface area contributed by atoms with E-state index in [2.05, 4.69) is 10.3 Å². The van der Waals surface area contributed by atoms with Crippen molar-refractivity contribution in [1.82, 2.24) is 4.98 Å². The van der Waals surface area contributed by atoms with Gasteiger partial charge in [-0.2, -0.15) is 0 Å². The normalized spacial score (nSPS) is 9.95. The van der Waals surface area contributed by atoms with Crippen molar-refractivity contribution >= 4 is 40.5 Å². The van der Waals surface area contributed by atoms with E-state index >= 15 is 0 Å². The van der Waals surface area contributed by atoms with Crippen molar-refractivity contribution in [3.63, 3.8) is 0 Å². The summed E-state index contributed by atoms with van der Waals surface area (Å²) in [5, 5.41) is 4.66. The third kappa shape index (κ3) is 3.07. The lowest BCUT2D eigenvalue weighted by molar-refractivity contribution is 0.0601. The molecule has 0 saturated heterocycles. The quantitative estimate of drug-likeness (QED) is 0.667. The molecule has 2 rings (SSSR count). The number of nitrogens with one attached hydrogen (secondary N) is 1. The number of ether oxygens (including phenoxy) is 1. The highest BCUT2D eigenvalue weighted by Crippen LogP contribution is 2.27. The molecule has 5 nitrogen and oxygen atoms in total. The summed E-state index contributed by atoms with van der Waals surface area (Å²) in [5.74, 6) is -0.204. The maximum Gasteiger partial charge on any atom is 0.341 e. The zero-order valence-corrected chi connectivity index (χ0v) is 11.7. The molecule has 3 N–H and O–H groups in total. The van der Waals surface area contributed by atoms with Crippen LogP contribution in [-0.4, -0.2) is 23.2 Å². The highest BCUT2D eigenvalue weighted by molar-refractivity contribution is 7.80. The highest BCUT2D eigenvalue weighted by Gasteiger charge is 2.15. The second-order valence-corrected chi connectivity index (χ2v) is 4.97. The Labute approximate surface area is 119 Å². The van der Waals surface area contributed by atoms with Crippen molar-refractivity contribution < 1.29 is 9.53 Å². The van der Waals surface area contributed by atoms with E-state index in [-0.39, 0.29) is 5.11 Å². The summed E-state index contributed by atoms with van der Waals surface area (Å²) < 4.78 is 4.73. The molecular formula is C12H11N3O2S2. The third-order valence-corrected chi connectivity index (χ3v) is 3.36. The fourth-order valence-electron chi connectivity index (χ4n) is 1.52. The van der Waals surface area contributed by atoms with Gasteiger partial charge < -0.3 is 15.8 Å². The monoisotopic (exact) mass is 293 g/mol. The van der Waals surface area contributed by atoms with Gasteiger partial charge in [0.15, 0.2) is 5.11 Å². The number of nitrogens with zero attached hydrogens (tertiary/aromatic N) is 1. The highest BCUT2D eigenvalue weighted by atomic mass is 32.1. The number of carbonyl (C=O) groups is 1. The Morgan fingerprint density at radius 3 is 2.95 bits per heavy atom. The lowest BCUT2D eigenvalue weighted by Gasteiger charge is -2.09. The Balaban J connectivity index is 2.47. The summed E-state index contributed by atoms with van der Waals surface area (Å²) in [7, 11) is 1.31. The number of rotatable bonds is 3. The molecular weight excluding hydrogens is 282 g/mol. The van der Waals surface area contributed by atoms with Gasteiger partial charge in [0.25, 0.3) is 0 Å². The molecule has 7 heteroatoms. The van der Waals surface area contributed by atoms with Gasteiger partial charge in [-0.15, -0.1) is 11.3 Å². The van der Waals surface area contributed by atoms with E-state index < -0.39 is 5.97 Å². The Kier molecular flexibility index (Phi) is 4.08. The first-order valence-corrected chi connectivity index (χ1v) is 6.59. The van der Waals surface area contributed by atoms with Gasteiger partial charge in [-0.05, 0) is 29.7 Å². The van der Waals surface area contributed by atoms with Gasteiger partial charge in [-0.3, -0.25) is 0 Å². The van der Waals surface area contributed by atoms with Gasteiger partial charge in [0, 0.05) is 16.6 Å². The van der Waals surface area contributed by atoms with Gasteiger partial charge in [0.2, 0.25) is 0 Å². The number of nitrogens with two attached hydrogens (primary N) is 1. The van der Waals surface area contributed by atoms with Crippen molar-refractivity contribution in [3.8, 4) is 10.4 Å². The van der Waals surface area contributed by atoms with E-state index in [1.54, 1.807) is 23.6 Å². The van der Waals surface area contributed by atoms with Crippen LogP contribution in [0.3, 0.4) is 0 Å². The molecule has 0 bridgehead atoms. The van der Waals surface area contributed by atoms with Crippen LogP contribution in [-0.2, 0) is 4.74 Å². The fraction of sp³-hybridized carbons (Fsp3) is 0.0833. The fourth-order valence-corrected chi connectivity index (χ4v) is 2.33. The van der Waals surface area contributed by atoms with Crippen LogP contribution >= 0.6 is 23.6 Å². The van der Waals surface area contributed by atoms with Crippen LogP contribution in [0, 0.1) is 0 Å². The van der Waals surface area contributed by atoms with Crippen molar-refractivity contribution in [2.75, 3.05) is 12.4 Å². The number of thiophene rings is 1. The number of hydrogen-bond donors (Lipinski definition) is 2. The number of methoxy groups -OCH3 is 1. The maximum atomic E-state index is 11.8. The van der Waals surface area contributed by atoms with E-state index in [0.717, 1.165) is 10.4 Å². The number of carbonyl (C=O) groups excluding carboxylic acids is 1. The first kappa shape index (κ1) is 13.4. The molecule has 98 valence electrons. The molecule has 0 aliphatic carbocycles. The average Bonchev–Trinajstić information content (AvgIpc) is 2.91. The van der Waals surface area contributed by atoms with Gasteiger partial charge in [-0.1, -0.05) is 6.07 Å². The lowest BCUT2D eigenvalue weighted by Crippen LogP contribution is -2.22. The second kappa shape index (κ2) is 5.77. The summed E-state index contributed by atoms with van der Waals surface area (Å²) >= 11 is 6.31. The van der Waals surface area contributed by atoms with E-state index in [9.17, 15) is 4.79 Å². The SMILES string of the molecule is COC(=O)c1cc(-c2cccs2)cnc1NC(N)=S. The molecule has 0 spiro atoms. The van der Waals surface area contributed by atoms with Crippen LogP contribution in [0.2, 0.25) is 0 Å². The Morgan fingerprint density at radius 1 is 1.58 bits per heavy atom. The molecule has 0 amide bonds. The number of thiocarbonyl (C=S) groups is 1. The Hall–Kier alpha value is -1.99. The number of hydrogen-bond acceptors (Lipinski definition) is 5. The Bertz CT molecular complexity index is 611. The summed E-state index contributed by atoms with van der Waals surface area (Å²) in [6, 6.07) is 5.58. The van der Waals surface area contributed by atoms with Crippen LogP contribution in [0.4, 0.5) is 5.82 Å². The van der Waals surface area contributed by atoms with Gasteiger partial charge in [0.05, 0.1) is 7.11 Å². The third-order valence-electron chi connectivity index (χ3n) is 2.34. The zero-order chi connectivity index (χ0) is 13.8. The predicted molar refractivity (Wildman–Crippen MR) is 79.3 cm³/mol. The second-order valence-electron chi connectivity index (χ2n) is 3.58. The largest absolute Gasteiger partial charge is 0.465 e. The molecule has 0 fully saturated rings. The number of aromatic nitrogens is 1. The predicted octanol–water partition coefficient (Wildman–Crippen LogP) is 2.25. The molecule has 2 aromatic heterocycles. The minimum Gasteiger partial charge on any atom is -0.465 e. The summed E-state index contributed by atoms with van der Waals surface area (Å²) in [6.45, 7) is 0. The van der Waals surface area contributed by atoms with Crippen LogP contribution in [0.25, 0.3) is 10.4 Å². The molecule has 0 aliphatic rings. The topological polar surface area (TPSA) is 77.2 Å². The Morgan fingerprint density at radius 2 is 2.37 bits per heavy atom. The molecule has 0 radical (unpaired) electrons. The van der Waals surface area contributed by atoms with Gasteiger partial charge in [0.1, 0.15) is 11.4 Å². The van der Waals surface area contributed by atoms with E-state index in [1.807, 2.05) is 17.5 Å². The molecule has 2 aromatic rings. The first-order valence-electron chi connectivity index (χ1n) is 5.30. The minimum absolute atomic E-state index is 0.0431. The van der Waals surface area contributed by atoms with Gasteiger partial charge >= 0.3 is 5.97 Å². The minimum atomic E-state index is -0.496. The molecule has 0 unspecified atom stereocenters. The first-order chi connectivity index (χ1) is 9.11. The summed E-state index contributed by atoms with van der Waals surface area (Å²) in [5.41, 5.74) is 6.53. The average molecular weight is 293 g/mol.